The second-order valence-electron chi connectivity index (χ2n) is 21.6. The lowest BCUT2D eigenvalue weighted by molar-refractivity contribution is -0.158. The number of aromatic nitrogens is 2. The van der Waals surface area contributed by atoms with Gasteiger partial charge in [-0.2, -0.15) is 4.98 Å². The Balaban J connectivity index is 2.60. The summed E-state index contributed by atoms with van der Waals surface area (Å²) in [5, 5.41) is 23.6. The molecule has 532 valence electrons. The van der Waals surface area contributed by atoms with Gasteiger partial charge in [0.05, 0.1) is 13.1 Å². The molecule has 2 rings (SSSR count). The second kappa shape index (κ2) is 43.8. The van der Waals surface area contributed by atoms with Crippen LogP contribution in [0.4, 0.5) is 10.6 Å². The van der Waals surface area contributed by atoms with E-state index in [1.807, 2.05) is 0 Å². The van der Waals surface area contributed by atoms with Crippen molar-refractivity contribution in [1.82, 2.24) is 67.0 Å². The lowest BCUT2D eigenvalue weighted by atomic mass is 10.0. The Hall–Kier alpha value is -9.96. The predicted octanol–water partition coefficient (Wildman–Crippen LogP) is -9.19. The van der Waals surface area contributed by atoms with Gasteiger partial charge < -0.3 is 121 Å². The second-order valence-corrected chi connectivity index (χ2v) is 23.2. The van der Waals surface area contributed by atoms with E-state index in [1.165, 1.54) is 49.9 Å². The average Bonchev–Trinajstić information content (AvgIpc) is 0.823. The van der Waals surface area contributed by atoms with Crippen molar-refractivity contribution in [2.45, 2.75) is 133 Å². The number of hydrogen-bond donors (Lipinski definition) is 20. The summed E-state index contributed by atoms with van der Waals surface area (Å²) in [4.78, 5) is 162. The first-order valence-electron chi connectivity index (χ1n) is 30.2. The van der Waals surface area contributed by atoms with Crippen molar-refractivity contribution >= 4 is 97.1 Å². The smallest absolute Gasteiger partial charge is 0.383 e. The summed E-state index contributed by atoms with van der Waals surface area (Å²) in [5.74, 6) is -7.65. The Labute approximate surface area is 549 Å². The average molecular weight is 1370 g/mol. The molecule has 1 saturated heterocycles. The van der Waals surface area contributed by atoms with Crippen LogP contribution in [0, 0.1) is 0 Å². The number of hydrogen-bond acceptors (Lipinski definition) is 20. The molecule has 0 aromatic carbocycles. The molecule has 1 unspecified atom stereocenters. The third-order valence-corrected chi connectivity index (χ3v) is 14.6. The minimum Gasteiger partial charge on any atom is -0.383 e. The zero-order valence-electron chi connectivity index (χ0n) is 54.0. The van der Waals surface area contributed by atoms with Crippen LogP contribution in [0.3, 0.4) is 0 Å². The maximum Gasteiger partial charge on any atom is 0.615 e. The van der Waals surface area contributed by atoms with Gasteiger partial charge in [0.2, 0.25) is 47.3 Å². The standard InChI is InChI=1S/C52H96N29O13P/c1-29(82)72-32(12-9-22-69-50(62)64-2)41(85)74-34(14-7-20-67-48(58)59)43(87)77-36(16-10-23-70-51(63)90)45(89)76-35(15-8-21-68-49(60)61)44(88)75-33(13-6-19-66-47(56)57)42(86)73-31(11-5-18-65-46(54)55)40(84)71-25-38(83)80-26-30(28-93-95(92)79(3)4)94-39(27-80)81-24-17-37(53)78-52(81)91/h17,24,30-36,39H,5-16,18-23,25-28H2,1-4H3,(H30-,53,54,55,56,57,58,59,60,61,62,63,64,65,66,67,68,69,70,71,72,73,74,75,76,77,78,82,84,85,86,87,88,89,90,91)/p+1/t30-,31-,32-,33-,34-,35-,36-,39+/m0/s1. The van der Waals surface area contributed by atoms with Gasteiger partial charge in [-0.25, -0.2) is 9.59 Å². The number of amides is 10. The molecule has 2 heterocycles. The minimum atomic E-state index is -2.30. The number of primary amides is 1. The van der Waals surface area contributed by atoms with Crippen LogP contribution in [-0.4, -0.2) is 231 Å². The molecule has 0 spiro atoms. The van der Waals surface area contributed by atoms with E-state index < -0.39 is 122 Å². The Morgan fingerprint density at radius 2 is 0.989 bits per heavy atom. The van der Waals surface area contributed by atoms with E-state index in [-0.39, 0.29) is 165 Å². The molecule has 9 atom stereocenters. The van der Waals surface area contributed by atoms with Crippen LogP contribution in [0.1, 0.15) is 90.2 Å². The molecule has 0 bridgehead atoms. The molecular formula is C52H97N29O13P+. The van der Waals surface area contributed by atoms with Crippen LogP contribution in [0.2, 0.25) is 0 Å². The lowest BCUT2D eigenvalue weighted by Gasteiger charge is -2.37. The SMILES string of the molecule is CN=C(N)NCCC[C@H](NC(C)=O)C(=O)N[C@@H](CCCN=C(N)N)C(=O)N[C@@H](CCCNC(N)=O)C(=O)N[C@@H](CCCN=C(N)N)C(=O)N[C@@H](CCCN=C(N)N)C(=O)N[C@@H](CCCN=C(N)N)C(=O)NCC(=O)N1C[C@@H](CO[P+](=O)N(C)C)O[C@@H](n2ccc(N)nc2=O)C1. The highest BCUT2D eigenvalue weighted by Crippen LogP contribution is 2.27. The van der Waals surface area contributed by atoms with Crippen molar-refractivity contribution in [3.05, 3.63) is 22.7 Å². The summed E-state index contributed by atoms with van der Waals surface area (Å²) in [5.41, 5.74) is 60.4. The number of nitrogens with one attached hydrogen (secondary N) is 9. The van der Waals surface area contributed by atoms with Crippen molar-refractivity contribution in [2.24, 2.45) is 82.3 Å². The molecule has 1 fully saturated rings. The van der Waals surface area contributed by atoms with Gasteiger partial charge in [-0.3, -0.25) is 67.9 Å². The maximum atomic E-state index is 14.7. The van der Waals surface area contributed by atoms with Crippen LogP contribution >= 0.6 is 8.18 Å². The number of morpholine rings is 1. The molecule has 0 aliphatic carbocycles. The third kappa shape index (κ3) is 34.0. The first-order chi connectivity index (χ1) is 44.9. The maximum absolute atomic E-state index is 14.7. The quantitative estimate of drug-likeness (QED) is 0.0125. The number of nitrogen functional groups attached to an aromatic ring is 1. The number of urea groups is 1. The van der Waals surface area contributed by atoms with Crippen LogP contribution in [0.5, 0.6) is 0 Å². The van der Waals surface area contributed by atoms with E-state index in [1.54, 1.807) is 0 Å². The highest BCUT2D eigenvalue weighted by molar-refractivity contribution is 7.36. The molecule has 1 aromatic heterocycles. The van der Waals surface area contributed by atoms with E-state index in [4.69, 9.17) is 72.3 Å². The summed E-state index contributed by atoms with van der Waals surface area (Å²) in [6, 6.07) is -8.09. The van der Waals surface area contributed by atoms with Crippen molar-refractivity contribution in [3.63, 3.8) is 0 Å². The molecule has 95 heavy (non-hydrogen) atoms. The molecule has 43 heteroatoms. The first kappa shape index (κ1) is 81.1. The molecule has 31 N–H and O–H groups in total. The van der Waals surface area contributed by atoms with Gasteiger partial charge in [0.1, 0.15) is 54.8 Å². The van der Waals surface area contributed by atoms with Crippen LogP contribution in [0.25, 0.3) is 0 Å². The summed E-state index contributed by atoms with van der Waals surface area (Å²) in [6.07, 6.45) is -0.899. The number of aliphatic imine (C=N–C) groups is 5. The molecule has 1 aliphatic rings. The summed E-state index contributed by atoms with van der Waals surface area (Å²) in [6.45, 7) is -0.0332. The van der Waals surface area contributed by atoms with Crippen molar-refractivity contribution in [2.75, 3.05) is 92.4 Å². The van der Waals surface area contributed by atoms with Crippen molar-refractivity contribution in [1.29, 1.82) is 0 Å². The van der Waals surface area contributed by atoms with E-state index in [0.717, 1.165) is 4.57 Å². The Bertz CT molecular complexity index is 2930. The number of carbonyl (C=O) groups excluding carboxylic acids is 9. The lowest BCUT2D eigenvalue weighted by Crippen LogP contribution is -2.60. The monoisotopic (exact) mass is 1370 g/mol. The number of anilines is 1. The number of nitrogens with two attached hydrogens (primary N) is 11. The topological polar surface area (TPSA) is 687 Å². The van der Waals surface area contributed by atoms with Crippen LogP contribution < -0.4 is 117 Å². The number of guanidine groups is 5. The summed E-state index contributed by atoms with van der Waals surface area (Å²) in [7, 11) is 2.22. The van der Waals surface area contributed by atoms with Gasteiger partial charge >= 0.3 is 19.9 Å². The van der Waals surface area contributed by atoms with Gasteiger partial charge in [-0.15, -0.1) is 4.52 Å². The van der Waals surface area contributed by atoms with E-state index in [9.17, 15) is 52.5 Å². The van der Waals surface area contributed by atoms with Gasteiger partial charge in [0.15, 0.2) is 36.0 Å². The molecule has 0 saturated carbocycles. The zero-order chi connectivity index (χ0) is 71.2. The molecule has 42 nitrogen and oxygen atoms in total. The van der Waals surface area contributed by atoms with Crippen LogP contribution in [0.15, 0.2) is 42.0 Å². The zero-order valence-corrected chi connectivity index (χ0v) is 54.9. The molecule has 1 aromatic rings. The van der Waals surface area contributed by atoms with E-state index in [2.05, 4.69) is 77.8 Å². The third-order valence-electron chi connectivity index (χ3n) is 13.6. The number of nitrogens with zero attached hydrogens (tertiary/aromatic N) is 9. The molecule has 0 radical (unpaired) electrons. The molecular weight excluding hydrogens is 1270 g/mol. The number of ether oxygens (including phenoxy) is 1. The number of rotatable bonds is 43. The minimum absolute atomic E-state index is 0.0131. The Morgan fingerprint density at radius 1 is 0.600 bits per heavy atom. The Kier molecular flexibility index (Phi) is 37.4. The fourth-order valence-electron chi connectivity index (χ4n) is 8.92. The first-order valence-corrected chi connectivity index (χ1v) is 31.4. The fraction of sp³-hybridized carbons (Fsp3) is 0.654. The summed E-state index contributed by atoms with van der Waals surface area (Å²) < 4.78 is 26.4. The molecule has 10 amide bonds. The fourth-order valence-corrected chi connectivity index (χ4v) is 9.45. The van der Waals surface area contributed by atoms with E-state index in [0.29, 0.717) is 6.42 Å². The van der Waals surface area contributed by atoms with Gasteiger partial charge in [0, 0.05) is 80.1 Å². The predicted molar refractivity (Wildman–Crippen MR) is 352 cm³/mol. The largest absolute Gasteiger partial charge is 0.615 e. The highest BCUT2D eigenvalue weighted by Gasteiger charge is 2.37. The number of carbonyl (C=O) groups is 9. The van der Waals surface area contributed by atoms with Crippen molar-refractivity contribution < 1.29 is 57.0 Å². The normalized spacial score (nSPS) is 15.7. The van der Waals surface area contributed by atoms with Gasteiger partial charge in [-0.05, 0) is 87.7 Å². The van der Waals surface area contributed by atoms with Crippen molar-refractivity contribution in [3.8, 4) is 0 Å². The highest BCUT2D eigenvalue weighted by atomic mass is 31.1. The summed E-state index contributed by atoms with van der Waals surface area (Å²) >= 11 is 0. The van der Waals surface area contributed by atoms with E-state index >= 15 is 0 Å². The van der Waals surface area contributed by atoms with Gasteiger partial charge in [-0.1, -0.05) is 4.67 Å². The van der Waals surface area contributed by atoms with Gasteiger partial charge in [0.25, 0.3) is 0 Å². The Morgan fingerprint density at radius 3 is 1.36 bits per heavy atom. The van der Waals surface area contributed by atoms with Crippen LogP contribution in [-0.2, 0) is 52.2 Å². The molecule has 1 aliphatic heterocycles.